The van der Waals surface area contributed by atoms with Crippen LogP contribution in [0, 0.1) is 94.7 Å². The third-order valence-corrected chi connectivity index (χ3v) is 19.1. The van der Waals surface area contributed by atoms with Crippen molar-refractivity contribution in [2.75, 3.05) is 0 Å². The molecule has 0 radical (unpaired) electrons. The molecular weight excluding hydrogens is 1200 g/mol. The van der Waals surface area contributed by atoms with E-state index in [2.05, 4.69) is 413 Å². The van der Waals surface area contributed by atoms with Gasteiger partial charge in [0.05, 0.1) is 0 Å². The molecule has 0 nitrogen and oxygen atoms in total. The maximum absolute atomic E-state index is 3.58. The Hall–Kier alpha value is -11.3. The third kappa shape index (κ3) is 15.0. The maximum atomic E-state index is 3.58. The molecule has 0 heterocycles. The summed E-state index contributed by atoms with van der Waals surface area (Å²) < 4.78 is 0. The van der Waals surface area contributed by atoms with Crippen molar-refractivity contribution in [1.82, 2.24) is 0 Å². The van der Waals surface area contributed by atoms with E-state index in [1.54, 1.807) is 0 Å². The van der Waals surface area contributed by atoms with Crippen molar-refractivity contribution in [3.63, 3.8) is 0 Å². The van der Waals surface area contributed by atoms with Gasteiger partial charge in [-0.2, -0.15) is 0 Å². The summed E-state index contributed by atoms with van der Waals surface area (Å²) in [6.45, 7) is 40.3. The van der Waals surface area contributed by atoms with E-state index in [1.807, 2.05) is 0 Å². The van der Waals surface area contributed by atoms with Crippen molar-refractivity contribution in [3.05, 3.63) is 283 Å². The number of hydrogen-bond donors (Lipinski definition) is 0. The Morgan fingerprint density at radius 1 is 0.150 bits per heavy atom. The van der Waals surface area contributed by atoms with E-state index in [1.165, 1.54) is 44.5 Å². The Morgan fingerprint density at radius 2 is 0.300 bits per heavy atom. The van der Waals surface area contributed by atoms with Crippen LogP contribution in [0.4, 0.5) is 0 Å². The fourth-order valence-electron chi connectivity index (χ4n) is 12.8. The lowest BCUT2D eigenvalue weighted by atomic mass is 9.88. The highest BCUT2D eigenvalue weighted by Crippen LogP contribution is 2.40. The van der Waals surface area contributed by atoms with Crippen LogP contribution in [0.3, 0.4) is 0 Å². The molecule has 0 heteroatoms. The summed E-state index contributed by atoms with van der Waals surface area (Å²) in [6.07, 6.45) is 0. The van der Waals surface area contributed by atoms with Crippen LogP contribution in [0.25, 0.3) is 66.8 Å². The van der Waals surface area contributed by atoms with Crippen LogP contribution in [0.2, 0.25) is 0 Å². The molecule has 486 valence electrons. The molecular formula is C100H86. The fourth-order valence-corrected chi connectivity index (χ4v) is 12.8. The zero-order chi connectivity index (χ0) is 71.1. The minimum atomic E-state index is -0.0703. The molecule has 0 N–H and O–H groups in total. The van der Waals surface area contributed by atoms with Crippen LogP contribution in [-0.4, -0.2) is 0 Å². The highest BCUT2D eigenvalue weighted by molar-refractivity contribution is 5.87. The number of hydrogen-bond acceptors (Lipinski definition) is 0. The zero-order valence-corrected chi connectivity index (χ0v) is 61.5. The normalized spacial score (nSPS) is 11.7. The maximum Gasteiger partial charge on any atom is 0.0347 e. The van der Waals surface area contributed by atoms with E-state index in [0.717, 1.165) is 111 Å². The van der Waals surface area contributed by atoms with Crippen LogP contribution in [0.5, 0.6) is 0 Å². The second-order valence-electron chi connectivity index (χ2n) is 32.7. The van der Waals surface area contributed by atoms with Gasteiger partial charge in [-0.1, -0.05) is 342 Å². The average molecular weight is 1290 g/mol. The predicted octanol–water partition coefficient (Wildman–Crippen LogP) is 23.1. The Bertz CT molecular complexity index is 5210. The van der Waals surface area contributed by atoms with Gasteiger partial charge >= 0.3 is 0 Å². The highest BCUT2D eigenvalue weighted by atomic mass is 14.3. The van der Waals surface area contributed by atoms with Gasteiger partial charge < -0.3 is 0 Å². The molecule has 12 aliphatic rings. The third-order valence-electron chi connectivity index (χ3n) is 19.1. The summed E-state index contributed by atoms with van der Waals surface area (Å²) >= 11 is 0. The molecule has 0 fully saturated rings. The lowest BCUT2D eigenvalue weighted by Gasteiger charge is -2.17. The molecule has 0 bridgehead atoms. The Labute approximate surface area is 598 Å². The molecule has 0 aromatic heterocycles. The Kier molecular flexibility index (Phi) is 18.4. The summed E-state index contributed by atoms with van der Waals surface area (Å²) in [4.78, 5) is 0. The van der Waals surface area contributed by atoms with Crippen LogP contribution >= 0.6 is 0 Å². The van der Waals surface area contributed by atoms with Gasteiger partial charge in [0.2, 0.25) is 0 Å². The van der Waals surface area contributed by atoms with Crippen LogP contribution in [0.15, 0.2) is 194 Å². The minimum absolute atomic E-state index is 0.0386. The number of rotatable bonds is 0. The predicted molar refractivity (Wildman–Crippen MR) is 424 cm³/mol. The van der Waals surface area contributed by atoms with Gasteiger partial charge in [0.15, 0.2) is 0 Å². The van der Waals surface area contributed by atoms with E-state index in [0.29, 0.717) is 0 Å². The van der Waals surface area contributed by atoms with E-state index in [4.69, 9.17) is 0 Å². The first-order valence-electron chi connectivity index (χ1n) is 34.8. The van der Waals surface area contributed by atoms with E-state index in [9.17, 15) is 0 Å². The highest BCUT2D eigenvalue weighted by Gasteiger charge is 2.23. The van der Waals surface area contributed by atoms with Gasteiger partial charge in [0, 0.05) is 55.6 Å². The van der Waals surface area contributed by atoms with Gasteiger partial charge in [0.25, 0.3) is 0 Å². The Balaban J connectivity index is 0.874. The first kappa shape index (κ1) is 68.6. The van der Waals surface area contributed by atoms with Crippen molar-refractivity contribution >= 4 is 0 Å². The van der Waals surface area contributed by atoms with E-state index in [-0.39, 0.29) is 32.5 Å². The first-order chi connectivity index (χ1) is 47.3. The molecule has 0 saturated heterocycles. The average Bonchev–Trinajstić information content (AvgIpc) is 1.67. The summed E-state index contributed by atoms with van der Waals surface area (Å²) in [5, 5.41) is 0. The number of fused-ring (bicyclic) bond motifs is 6. The smallest absolute Gasteiger partial charge is 0.0347 e. The lowest BCUT2D eigenvalue weighted by molar-refractivity contribution is 0.590. The van der Waals surface area contributed by atoms with Crippen molar-refractivity contribution in [2.24, 2.45) is 0 Å². The van der Waals surface area contributed by atoms with Gasteiger partial charge in [-0.25, -0.2) is 0 Å². The molecule has 0 atom stereocenters. The SMILES string of the molecule is CC(C)(C)c1ccc2ccc(C#Cc3cc(C#CC#Cc4cc(C#CC#Cc5cc(C#CC#Cc6cc(C#Cc7ccc8ccc(C(C)(C)C)ccc7-8)c7ccc(C(C)(C)C)ccc6-7)c6ccc(C(C)(C)C)ccc5-6)c5ccc(C(C)(C)C)ccc4-5)c4ccc(C(C)(C)C)ccc3-4)c-2cc1. The molecule has 0 saturated carbocycles. The second kappa shape index (κ2) is 26.8. The van der Waals surface area contributed by atoms with Crippen molar-refractivity contribution in [1.29, 1.82) is 0 Å². The molecule has 0 amide bonds. The molecule has 0 unspecified atom stereocenters. The second-order valence-corrected chi connectivity index (χ2v) is 32.7. The molecule has 100 heavy (non-hydrogen) atoms. The molecule has 0 aromatic rings. The largest absolute Gasteiger partial charge is 0.0610 e. The van der Waals surface area contributed by atoms with Gasteiger partial charge in [0.1, 0.15) is 0 Å². The van der Waals surface area contributed by atoms with Crippen molar-refractivity contribution < 1.29 is 0 Å². The van der Waals surface area contributed by atoms with Gasteiger partial charge in [-0.05, 0) is 205 Å². The van der Waals surface area contributed by atoms with Crippen molar-refractivity contribution in [2.45, 2.75) is 157 Å². The molecule has 0 aliphatic heterocycles. The molecule has 0 aromatic carbocycles. The van der Waals surface area contributed by atoms with Crippen LogP contribution in [0.1, 0.15) is 214 Å². The summed E-state index contributed by atoms with van der Waals surface area (Å²) in [7, 11) is 0. The minimum Gasteiger partial charge on any atom is -0.0610 e. The van der Waals surface area contributed by atoms with Crippen molar-refractivity contribution in [3.8, 4) is 161 Å². The summed E-state index contributed by atoms with van der Waals surface area (Å²) in [6, 6.07) is 69.9. The lowest BCUT2D eigenvalue weighted by Crippen LogP contribution is -2.09. The summed E-state index contributed by atoms with van der Waals surface area (Å²) in [5.74, 6) is 54.6. The van der Waals surface area contributed by atoms with Gasteiger partial charge in [-0.3, -0.25) is 0 Å². The quantitative estimate of drug-likeness (QED) is 0.133. The first-order valence-corrected chi connectivity index (χ1v) is 34.8. The molecule has 12 aliphatic carbocycles. The van der Waals surface area contributed by atoms with E-state index < -0.39 is 0 Å². The molecule has 12 rings (SSSR count). The van der Waals surface area contributed by atoms with Crippen LogP contribution in [-0.2, 0) is 32.5 Å². The van der Waals surface area contributed by atoms with Gasteiger partial charge in [-0.15, -0.1) is 0 Å². The monoisotopic (exact) mass is 1290 g/mol. The fraction of sp³-hybridized carbons (Fsp3) is 0.240. The topological polar surface area (TPSA) is 0 Å². The van der Waals surface area contributed by atoms with E-state index >= 15 is 0 Å². The zero-order valence-electron chi connectivity index (χ0n) is 61.5. The molecule has 0 spiro atoms. The standard InChI is InChI=1S/C100H86/c1-95(2,3)79-41-39-69-33-31-67(85(69)53-43-79)35-37-77-65-75(91-59-49-83(99(13,14)15)51-61-93(77)91)29-23-21-27-73-63-71(87-55-45-81(97(7,8)9)47-57-89(73)87)25-19-20-26-72-64-74(90-58-48-82(98(10,11)12)46-56-88(72)90)28-22-24-30-76-66-78(94-62-52-84(100(16,17)18)50-60-92(76)94)38-36-68-32-34-70-40-42-80(96(4,5)6)44-54-86(68)70/h31-34,39-66H,1-18H3. The summed E-state index contributed by atoms with van der Waals surface area (Å²) in [5.41, 5.74) is 29.3. The van der Waals surface area contributed by atoms with Crippen LogP contribution < -0.4 is 0 Å². The Morgan fingerprint density at radius 3 is 0.490 bits per heavy atom.